The van der Waals surface area contributed by atoms with Crippen molar-refractivity contribution in [3.8, 4) is 5.75 Å². The van der Waals surface area contributed by atoms with Crippen LogP contribution in [0.5, 0.6) is 5.75 Å². The lowest BCUT2D eigenvalue weighted by molar-refractivity contribution is 0.0971. The normalized spacial score (nSPS) is 14.2. The third kappa shape index (κ3) is 5.39. The highest BCUT2D eigenvalue weighted by molar-refractivity contribution is 6.06. The Hall–Kier alpha value is -3.80. The zero-order valence-electron chi connectivity index (χ0n) is 20.3. The number of nitrogens with one attached hydrogen (secondary N) is 1. The summed E-state index contributed by atoms with van der Waals surface area (Å²) in [5, 5.41) is 3.07. The maximum Gasteiger partial charge on any atom is 0.257 e. The van der Waals surface area contributed by atoms with E-state index in [1.54, 1.807) is 7.11 Å². The molecule has 1 aliphatic heterocycles. The standard InChI is InChI=1S/C28H32N4O2/c1-20-8-7-9-23(18-20)27(33)30-28(29-24-10-5-6-11-26(24)34-4)32-16-14-31(15-17-32)25-19-21(2)12-13-22(25)3/h5-13,18-19H,14-17H2,1-4H3,(H,29,30,33). The summed E-state index contributed by atoms with van der Waals surface area (Å²) in [6.45, 7) is 9.43. The molecule has 0 aromatic heterocycles. The van der Waals surface area contributed by atoms with Crippen molar-refractivity contribution in [1.82, 2.24) is 10.2 Å². The quantitative estimate of drug-likeness (QED) is 0.450. The highest BCUT2D eigenvalue weighted by atomic mass is 16.5. The van der Waals surface area contributed by atoms with Crippen LogP contribution in [0.2, 0.25) is 0 Å². The molecule has 0 radical (unpaired) electrons. The van der Waals surface area contributed by atoms with Crippen molar-refractivity contribution in [3.05, 3.63) is 89.0 Å². The maximum absolute atomic E-state index is 13.1. The summed E-state index contributed by atoms with van der Waals surface area (Å²) in [5.74, 6) is 1.03. The van der Waals surface area contributed by atoms with E-state index in [1.807, 2.05) is 55.5 Å². The number of ether oxygens (including phenoxy) is 1. The van der Waals surface area contributed by atoms with Crippen LogP contribution < -0.4 is 15.0 Å². The smallest absolute Gasteiger partial charge is 0.257 e. The number of carbonyl (C=O) groups excluding carboxylic acids is 1. The van der Waals surface area contributed by atoms with E-state index in [2.05, 4.69) is 47.2 Å². The molecule has 1 saturated heterocycles. The molecule has 4 rings (SSSR count). The second-order valence-electron chi connectivity index (χ2n) is 8.69. The highest BCUT2D eigenvalue weighted by Gasteiger charge is 2.23. The van der Waals surface area contributed by atoms with Gasteiger partial charge in [0.15, 0.2) is 0 Å². The van der Waals surface area contributed by atoms with Crippen molar-refractivity contribution in [2.24, 2.45) is 4.99 Å². The molecule has 176 valence electrons. The first-order valence-corrected chi connectivity index (χ1v) is 11.6. The molecule has 0 aliphatic carbocycles. The van der Waals surface area contributed by atoms with Crippen molar-refractivity contribution < 1.29 is 9.53 Å². The van der Waals surface area contributed by atoms with Gasteiger partial charge in [0, 0.05) is 37.4 Å². The van der Waals surface area contributed by atoms with Crippen LogP contribution in [0.3, 0.4) is 0 Å². The van der Waals surface area contributed by atoms with Gasteiger partial charge in [0.1, 0.15) is 11.4 Å². The van der Waals surface area contributed by atoms with Crippen LogP contribution in [-0.4, -0.2) is 50.1 Å². The molecule has 1 heterocycles. The number of hydrogen-bond acceptors (Lipinski definition) is 4. The van der Waals surface area contributed by atoms with Crippen molar-refractivity contribution in [2.45, 2.75) is 20.8 Å². The molecule has 0 saturated carbocycles. The molecule has 0 unspecified atom stereocenters. The first-order chi connectivity index (χ1) is 16.4. The fraction of sp³-hybridized carbons (Fsp3) is 0.286. The number of piperazine rings is 1. The van der Waals surface area contributed by atoms with Crippen LogP contribution in [0.15, 0.2) is 71.7 Å². The van der Waals surface area contributed by atoms with Gasteiger partial charge >= 0.3 is 0 Å². The number of rotatable bonds is 4. The molecule has 0 atom stereocenters. The van der Waals surface area contributed by atoms with Gasteiger partial charge in [-0.25, -0.2) is 4.99 Å². The van der Waals surface area contributed by atoms with E-state index in [0.29, 0.717) is 23.0 Å². The molecule has 1 N–H and O–H groups in total. The Bertz CT molecular complexity index is 1200. The lowest BCUT2D eigenvalue weighted by atomic mass is 10.1. The third-order valence-corrected chi connectivity index (χ3v) is 6.10. The Morgan fingerprint density at radius 1 is 0.882 bits per heavy atom. The maximum atomic E-state index is 13.1. The zero-order chi connectivity index (χ0) is 24.1. The Morgan fingerprint density at radius 3 is 2.35 bits per heavy atom. The fourth-order valence-electron chi connectivity index (χ4n) is 4.19. The van der Waals surface area contributed by atoms with Crippen LogP contribution in [0.25, 0.3) is 0 Å². The number of nitrogens with zero attached hydrogens (tertiary/aromatic N) is 3. The Balaban J connectivity index is 1.59. The molecule has 0 spiro atoms. The molecule has 34 heavy (non-hydrogen) atoms. The fourth-order valence-corrected chi connectivity index (χ4v) is 4.19. The SMILES string of the molecule is COc1ccccc1N=C(NC(=O)c1cccc(C)c1)N1CCN(c2cc(C)ccc2C)CC1. The summed E-state index contributed by atoms with van der Waals surface area (Å²) in [4.78, 5) is 22.5. The number of carbonyl (C=O) groups is 1. The van der Waals surface area contributed by atoms with E-state index >= 15 is 0 Å². The van der Waals surface area contributed by atoms with Crippen molar-refractivity contribution in [1.29, 1.82) is 0 Å². The number of benzene rings is 3. The van der Waals surface area contributed by atoms with Crippen LogP contribution >= 0.6 is 0 Å². The summed E-state index contributed by atoms with van der Waals surface area (Å²) >= 11 is 0. The summed E-state index contributed by atoms with van der Waals surface area (Å²) in [6.07, 6.45) is 0. The summed E-state index contributed by atoms with van der Waals surface area (Å²) in [6, 6.07) is 21.7. The molecular formula is C28H32N4O2. The Labute approximate surface area is 201 Å². The Kier molecular flexibility index (Phi) is 7.16. The average Bonchev–Trinajstić information content (AvgIpc) is 2.85. The highest BCUT2D eigenvalue weighted by Crippen LogP contribution is 2.27. The molecule has 6 nitrogen and oxygen atoms in total. The van der Waals surface area contributed by atoms with E-state index in [4.69, 9.17) is 9.73 Å². The van der Waals surface area contributed by atoms with Crippen LogP contribution in [-0.2, 0) is 0 Å². The van der Waals surface area contributed by atoms with Gasteiger partial charge in [0.2, 0.25) is 5.96 Å². The van der Waals surface area contributed by atoms with Crippen molar-refractivity contribution >= 4 is 23.2 Å². The number of aliphatic imine (C=N–C) groups is 1. The van der Waals surface area contributed by atoms with Crippen LogP contribution in [0.4, 0.5) is 11.4 Å². The monoisotopic (exact) mass is 456 g/mol. The minimum Gasteiger partial charge on any atom is -0.494 e. The van der Waals surface area contributed by atoms with Gasteiger partial charge in [-0.3, -0.25) is 10.1 Å². The van der Waals surface area contributed by atoms with Gasteiger partial charge in [-0.2, -0.15) is 0 Å². The van der Waals surface area contributed by atoms with Gasteiger partial charge in [-0.15, -0.1) is 0 Å². The summed E-state index contributed by atoms with van der Waals surface area (Å²) in [5.41, 5.74) is 6.13. The van der Waals surface area contributed by atoms with E-state index in [0.717, 1.165) is 31.7 Å². The van der Waals surface area contributed by atoms with Crippen molar-refractivity contribution in [2.75, 3.05) is 38.2 Å². The molecule has 1 aliphatic rings. The van der Waals surface area contributed by atoms with Gasteiger partial charge in [-0.1, -0.05) is 42.0 Å². The molecule has 3 aromatic rings. The molecule has 3 aromatic carbocycles. The van der Waals surface area contributed by atoms with Crippen molar-refractivity contribution in [3.63, 3.8) is 0 Å². The number of aryl methyl sites for hydroxylation is 3. The van der Waals surface area contributed by atoms with Gasteiger partial charge in [-0.05, 0) is 62.2 Å². The minimum absolute atomic E-state index is 0.172. The topological polar surface area (TPSA) is 57.2 Å². The number of guanidine groups is 1. The number of hydrogen-bond donors (Lipinski definition) is 1. The first-order valence-electron chi connectivity index (χ1n) is 11.6. The largest absolute Gasteiger partial charge is 0.494 e. The average molecular weight is 457 g/mol. The second kappa shape index (κ2) is 10.4. The van der Waals surface area contributed by atoms with Crippen LogP contribution in [0, 0.1) is 20.8 Å². The lowest BCUT2D eigenvalue weighted by Gasteiger charge is -2.38. The minimum atomic E-state index is -0.172. The number of anilines is 1. The zero-order valence-corrected chi connectivity index (χ0v) is 20.3. The number of para-hydroxylation sites is 2. The summed E-state index contributed by atoms with van der Waals surface area (Å²) < 4.78 is 5.49. The Morgan fingerprint density at radius 2 is 1.62 bits per heavy atom. The van der Waals surface area contributed by atoms with Crippen LogP contribution in [0.1, 0.15) is 27.0 Å². The predicted molar refractivity (Wildman–Crippen MR) is 138 cm³/mol. The van der Waals surface area contributed by atoms with E-state index in [-0.39, 0.29) is 5.91 Å². The number of methoxy groups -OCH3 is 1. The lowest BCUT2D eigenvalue weighted by Crippen LogP contribution is -2.53. The second-order valence-corrected chi connectivity index (χ2v) is 8.69. The van der Waals surface area contributed by atoms with E-state index < -0.39 is 0 Å². The van der Waals surface area contributed by atoms with Gasteiger partial charge in [0.25, 0.3) is 5.91 Å². The van der Waals surface area contributed by atoms with Gasteiger partial charge in [0.05, 0.1) is 7.11 Å². The summed E-state index contributed by atoms with van der Waals surface area (Å²) in [7, 11) is 1.63. The predicted octanol–water partition coefficient (Wildman–Crippen LogP) is 4.86. The number of amides is 1. The molecule has 6 heteroatoms. The first kappa shape index (κ1) is 23.4. The van der Waals surface area contributed by atoms with E-state index in [1.165, 1.54) is 16.8 Å². The molecule has 1 amide bonds. The molecule has 1 fully saturated rings. The molecular weight excluding hydrogens is 424 g/mol. The molecule has 0 bridgehead atoms. The van der Waals surface area contributed by atoms with Gasteiger partial charge < -0.3 is 14.5 Å². The van der Waals surface area contributed by atoms with E-state index in [9.17, 15) is 4.79 Å². The third-order valence-electron chi connectivity index (χ3n) is 6.10.